The normalized spacial score (nSPS) is 11.3. The third-order valence-corrected chi connectivity index (χ3v) is 4.94. The lowest BCUT2D eigenvalue weighted by atomic mass is 10.1. The molecule has 2 rings (SSSR count). The molecule has 0 atom stereocenters. The van der Waals surface area contributed by atoms with Crippen LogP contribution in [-0.4, -0.2) is 34.3 Å². The standard InChI is InChI=1S/C17H19F3N4O3S/c1-3-15-22-12(10-28-15)9-23(2)16(25)6-7-21-13-5-4-11(17(18,19)20)8-14(13)24(26)27/h4-5,8,10,21H,3,6-7,9H2,1-2H3. The summed E-state index contributed by atoms with van der Waals surface area (Å²) < 4.78 is 38.1. The van der Waals surface area contributed by atoms with Crippen molar-refractivity contribution >= 4 is 28.6 Å². The maximum Gasteiger partial charge on any atom is 0.416 e. The number of carbonyl (C=O) groups is 1. The molecule has 0 saturated carbocycles. The molecular weight excluding hydrogens is 397 g/mol. The summed E-state index contributed by atoms with van der Waals surface area (Å²) in [5, 5.41) is 16.6. The molecule has 0 bridgehead atoms. The highest BCUT2D eigenvalue weighted by atomic mass is 32.1. The Bertz CT molecular complexity index is 854. The Balaban J connectivity index is 1.94. The van der Waals surface area contributed by atoms with Crippen LogP contribution in [0, 0.1) is 10.1 Å². The summed E-state index contributed by atoms with van der Waals surface area (Å²) >= 11 is 1.52. The average molecular weight is 416 g/mol. The fraction of sp³-hybridized carbons (Fsp3) is 0.412. The van der Waals surface area contributed by atoms with Crippen molar-refractivity contribution in [3.63, 3.8) is 0 Å². The molecule has 0 saturated heterocycles. The maximum absolute atomic E-state index is 12.7. The zero-order valence-corrected chi connectivity index (χ0v) is 16.1. The van der Waals surface area contributed by atoms with Crippen molar-refractivity contribution in [2.75, 3.05) is 18.9 Å². The average Bonchev–Trinajstić information content (AvgIpc) is 3.08. The number of carbonyl (C=O) groups excluding carboxylic acids is 1. The molecule has 1 aromatic heterocycles. The van der Waals surface area contributed by atoms with E-state index in [2.05, 4.69) is 10.3 Å². The molecule has 152 valence electrons. The number of hydrogen-bond donors (Lipinski definition) is 1. The van der Waals surface area contributed by atoms with Crippen LogP contribution in [0.15, 0.2) is 23.6 Å². The van der Waals surface area contributed by atoms with Crippen LogP contribution in [0.3, 0.4) is 0 Å². The fourth-order valence-electron chi connectivity index (χ4n) is 2.42. The first-order chi connectivity index (χ1) is 13.1. The minimum Gasteiger partial charge on any atom is -0.379 e. The minimum atomic E-state index is -4.67. The summed E-state index contributed by atoms with van der Waals surface area (Å²) in [6.07, 6.45) is -3.83. The Morgan fingerprint density at radius 1 is 1.39 bits per heavy atom. The summed E-state index contributed by atoms with van der Waals surface area (Å²) in [5.74, 6) is -0.215. The van der Waals surface area contributed by atoms with E-state index >= 15 is 0 Å². The molecule has 2 aromatic rings. The van der Waals surface area contributed by atoms with E-state index in [1.165, 1.54) is 16.2 Å². The van der Waals surface area contributed by atoms with E-state index in [0.717, 1.165) is 29.3 Å². The molecule has 0 aliphatic rings. The number of alkyl halides is 3. The second-order valence-electron chi connectivity index (χ2n) is 6.00. The number of nitro benzene ring substituents is 1. The van der Waals surface area contributed by atoms with Gasteiger partial charge in [-0.05, 0) is 18.6 Å². The van der Waals surface area contributed by atoms with Crippen molar-refractivity contribution in [3.8, 4) is 0 Å². The van der Waals surface area contributed by atoms with Gasteiger partial charge in [-0.15, -0.1) is 11.3 Å². The summed E-state index contributed by atoms with van der Waals surface area (Å²) in [6, 6.07) is 2.23. The summed E-state index contributed by atoms with van der Waals surface area (Å²) in [5.41, 5.74) is -1.08. The molecule has 28 heavy (non-hydrogen) atoms. The second-order valence-corrected chi connectivity index (χ2v) is 6.94. The van der Waals surface area contributed by atoms with Gasteiger partial charge in [0.15, 0.2) is 0 Å². The minimum absolute atomic E-state index is 0.0272. The largest absolute Gasteiger partial charge is 0.416 e. The van der Waals surface area contributed by atoms with Gasteiger partial charge in [-0.2, -0.15) is 13.2 Å². The third kappa shape index (κ3) is 5.65. The van der Waals surface area contributed by atoms with Gasteiger partial charge in [0.1, 0.15) is 5.69 Å². The van der Waals surface area contributed by atoms with Gasteiger partial charge in [0.25, 0.3) is 5.69 Å². The van der Waals surface area contributed by atoms with Crippen LogP contribution in [0.5, 0.6) is 0 Å². The lowest BCUT2D eigenvalue weighted by molar-refractivity contribution is -0.384. The second kappa shape index (κ2) is 9.00. The molecule has 7 nitrogen and oxygen atoms in total. The summed E-state index contributed by atoms with van der Waals surface area (Å²) in [7, 11) is 1.62. The van der Waals surface area contributed by atoms with Gasteiger partial charge in [-0.25, -0.2) is 4.98 Å². The van der Waals surface area contributed by atoms with Crippen molar-refractivity contribution in [1.82, 2.24) is 9.88 Å². The van der Waals surface area contributed by atoms with E-state index in [4.69, 9.17) is 0 Å². The molecule has 0 unspecified atom stereocenters. The van der Waals surface area contributed by atoms with E-state index in [9.17, 15) is 28.1 Å². The van der Waals surface area contributed by atoms with Crippen LogP contribution in [0.1, 0.15) is 29.6 Å². The fourth-order valence-corrected chi connectivity index (χ4v) is 3.15. The lowest BCUT2D eigenvalue weighted by Gasteiger charge is -2.16. The van der Waals surface area contributed by atoms with E-state index in [1.807, 2.05) is 12.3 Å². The van der Waals surface area contributed by atoms with E-state index in [1.54, 1.807) is 7.05 Å². The molecule has 1 amide bonds. The molecule has 0 aliphatic carbocycles. The lowest BCUT2D eigenvalue weighted by Crippen LogP contribution is -2.28. The number of hydrogen-bond acceptors (Lipinski definition) is 6. The number of nitro groups is 1. The van der Waals surface area contributed by atoms with Crippen LogP contribution < -0.4 is 5.32 Å². The monoisotopic (exact) mass is 416 g/mol. The van der Waals surface area contributed by atoms with Crippen molar-refractivity contribution in [3.05, 3.63) is 50.0 Å². The molecule has 11 heteroatoms. The zero-order chi connectivity index (χ0) is 20.9. The van der Waals surface area contributed by atoms with Crippen LogP contribution in [0.2, 0.25) is 0 Å². The number of halogens is 3. The smallest absolute Gasteiger partial charge is 0.379 e. The summed E-state index contributed by atoms with van der Waals surface area (Å²) in [6.45, 7) is 2.38. The third-order valence-electron chi connectivity index (χ3n) is 3.90. The highest BCUT2D eigenvalue weighted by molar-refractivity contribution is 7.09. The van der Waals surface area contributed by atoms with Crippen molar-refractivity contribution in [2.24, 2.45) is 0 Å². The Kier molecular flexibility index (Phi) is 6.95. The number of aromatic nitrogens is 1. The molecule has 0 spiro atoms. The molecule has 1 N–H and O–H groups in total. The van der Waals surface area contributed by atoms with Crippen molar-refractivity contribution in [2.45, 2.75) is 32.5 Å². The molecule has 1 heterocycles. The van der Waals surface area contributed by atoms with Crippen LogP contribution in [-0.2, 0) is 23.9 Å². The number of anilines is 1. The van der Waals surface area contributed by atoms with E-state index < -0.39 is 22.4 Å². The molecule has 1 aromatic carbocycles. The highest BCUT2D eigenvalue weighted by Gasteiger charge is 2.33. The number of aryl methyl sites for hydroxylation is 1. The number of nitrogens with zero attached hydrogens (tertiary/aromatic N) is 3. The Hall–Kier alpha value is -2.69. The number of benzene rings is 1. The van der Waals surface area contributed by atoms with Gasteiger partial charge in [0, 0.05) is 31.5 Å². The van der Waals surface area contributed by atoms with E-state index in [-0.39, 0.29) is 24.6 Å². The first kappa shape index (κ1) is 21.6. The first-order valence-corrected chi connectivity index (χ1v) is 9.26. The van der Waals surface area contributed by atoms with Crippen molar-refractivity contribution in [1.29, 1.82) is 0 Å². The molecular formula is C17H19F3N4O3S. The first-order valence-electron chi connectivity index (χ1n) is 8.38. The molecule has 0 fully saturated rings. The quantitative estimate of drug-likeness (QED) is 0.517. The van der Waals surface area contributed by atoms with Crippen molar-refractivity contribution < 1.29 is 22.9 Å². The Morgan fingerprint density at radius 3 is 2.68 bits per heavy atom. The van der Waals surface area contributed by atoms with Crippen LogP contribution in [0.4, 0.5) is 24.5 Å². The predicted octanol–water partition coefficient (Wildman–Crippen LogP) is 4.09. The van der Waals surface area contributed by atoms with Crippen LogP contribution >= 0.6 is 11.3 Å². The topological polar surface area (TPSA) is 88.4 Å². The van der Waals surface area contributed by atoms with Gasteiger partial charge in [0.2, 0.25) is 5.91 Å². The number of rotatable bonds is 8. The summed E-state index contributed by atoms with van der Waals surface area (Å²) in [4.78, 5) is 28.2. The number of nitrogens with one attached hydrogen (secondary N) is 1. The number of amides is 1. The molecule has 0 radical (unpaired) electrons. The van der Waals surface area contributed by atoms with Crippen LogP contribution in [0.25, 0.3) is 0 Å². The zero-order valence-electron chi connectivity index (χ0n) is 15.2. The molecule has 0 aliphatic heterocycles. The Morgan fingerprint density at radius 2 is 2.11 bits per heavy atom. The van der Waals surface area contributed by atoms with Gasteiger partial charge in [0.05, 0.1) is 27.7 Å². The van der Waals surface area contributed by atoms with Gasteiger partial charge < -0.3 is 10.2 Å². The Labute approximate surface area is 163 Å². The van der Waals surface area contributed by atoms with Gasteiger partial charge in [-0.3, -0.25) is 14.9 Å². The predicted molar refractivity (Wildman–Crippen MR) is 99.2 cm³/mol. The highest BCUT2D eigenvalue weighted by Crippen LogP contribution is 2.34. The van der Waals surface area contributed by atoms with Gasteiger partial charge in [-0.1, -0.05) is 6.92 Å². The van der Waals surface area contributed by atoms with Gasteiger partial charge >= 0.3 is 6.18 Å². The number of thiazole rings is 1. The maximum atomic E-state index is 12.7. The SMILES string of the molecule is CCc1nc(CN(C)C(=O)CCNc2ccc(C(F)(F)F)cc2[N+](=O)[O-])cs1. The van der Waals surface area contributed by atoms with E-state index in [0.29, 0.717) is 12.6 Å².